The molecule has 0 fully saturated rings. The standard InChI is InChI=1S/BClO2.Mn/c2-1(3)4;/q-2;+2. The van der Waals surface area contributed by atoms with Crippen LogP contribution in [0.15, 0.2) is 0 Å². The first kappa shape index (κ1) is 9.25. The molecule has 0 aromatic heterocycles. The van der Waals surface area contributed by atoms with Crippen molar-refractivity contribution in [2.45, 2.75) is 0 Å². The van der Waals surface area contributed by atoms with Gasteiger partial charge in [0.1, 0.15) is 0 Å². The van der Waals surface area contributed by atoms with Crippen LogP contribution in [0.1, 0.15) is 0 Å². The third-order valence-corrected chi connectivity index (χ3v) is 0. The Morgan fingerprint density at radius 1 is 1.40 bits per heavy atom. The second-order valence-corrected chi connectivity index (χ2v) is 0.631. The summed E-state index contributed by atoms with van der Waals surface area (Å²) in [4.78, 5) is 0. The molecule has 0 N–H and O–H groups in total. The van der Waals surface area contributed by atoms with Gasteiger partial charge in [-0.15, -0.1) is 0 Å². The molecule has 0 bridgehead atoms. The summed E-state index contributed by atoms with van der Waals surface area (Å²) in [6.07, 6.45) is 0. The largest absolute Gasteiger partial charge is 2.00 e. The Morgan fingerprint density at radius 3 is 1.40 bits per heavy atom. The van der Waals surface area contributed by atoms with E-state index in [1.807, 2.05) is 0 Å². The van der Waals surface area contributed by atoms with Gasteiger partial charge in [-0.3, -0.25) is 0 Å². The molecule has 0 atom stereocenters. The van der Waals surface area contributed by atoms with E-state index in [1.54, 1.807) is 0 Å². The van der Waals surface area contributed by atoms with Crippen LogP contribution < -0.4 is 10.0 Å². The molecule has 1 radical (unpaired) electrons. The van der Waals surface area contributed by atoms with E-state index in [1.165, 1.54) is 0 Å². The molecular formula is BClMnO2. The number of rotatable bonds is 0. The zero-order chi connectivity index (χ0) is 3.58. The fourth-order valence-electron chi connectivity index (χ4n) is 0. The maximum absolute atomic E-state index is 8.74. The molecule has 2 nitrogen and oxygen atoms in total. The quantitative estimate of drug-likeness (QED) is 0.356. The minimum Gasteiger partial charge on any atom is -0.881 e. The van der Waals surface area contributed by atoms with Crippen molar-refractivity contribution < 1.29 is 27.1 Å². The maximum Gasteiger partial charge on any atom is 2.00 e. The van der Waals surface area contributed by atoms with E-state index in [2.05, 4.69) is 11.5 Å². The molecule has 0 aliphatic rings. The van der Waals surface area contributed by atoms with Crippen molar-refractivity contribution in [3.8, 4) is 0 Å². The molecule has 0 heterocycles. The van der Waals surface area contributed by atoms with E-state index >= 15 is 0 Å². The van der Waals surface area contributed by atoms with E-state index in [0.29, 0.717) is 0 Å². The van der Waals surface area contributed by atoms with Gasteiger partial charge < -0.3 is 10.0 Å². The van der Waals surface area contributed by atoms with Crippen molar-refractivity contribution in [3.05, 3.63) is 0 Å². The summed E-state index contributed by atoms with van der Waals surface area (Å²) in [6, 6.07) is 0. The van der Waals surface area contributed by atoms with Gasteiger partial charge in [0.2, 0.25) is 0 Å². The van der Waals surface area contributed by atoms with E-state index in [-0.39, 0.29) is 17.1 Å². The van der Waals surface area contributed by atoms with Crippen LogP contribution in [0.2, 0.25) is 0 Å². The average molecular weight is 133 g/mol. The van der Waals surface area contributed by atoms with Gasteiger partial charge in [-0.25, -0.2) is 11.5 Å². The molecular weight excluding hydrogens is 133 g/mol. The zero-order valence-corrected chi connectivity index (χ0v) is 4.09. The van der Waals surface area contributed by atoms with E-state index < -0.39 is 6.53 Å². The molecule has 0 aromatic rings. The second-order valence-electron chi connectivity index (χ2n) is 0.274. The number of hydrogen-bond acceptors (Lipinski definition) is 2. The fourth-order valence-corrected chi connectivity index (χ4v) is 0. The van der Waals surface area contributed by atoms with E-state index in [0.717, 1.165) is 0 Å². The molecule has 0 saturated heterocycles. The Labute approximate surface area is 45.7 Å². The smallest absolute Gasteiger partial charge is 0.881 e. The third kappa shape index (κ3) is 59.3. The molecule has 0 aliphatic heterocycles. The predicted molar refractivity (Wildman–Crippen MR) is 11.6 cm³/mol. The summed E-state index contributed by atoms with van der Waals surface area (Å²) in [5.41, 5.74) is 0. The molecule has 5 heteroatoms. The van der Waals surface area contributed by atoms with Gasteiger partial charge in [-0.05, 0) is 0 Å². The van der Waals surface area contributed by atoms with Crippen LogP contribution in [0.5, 0.6) is 0 Å². The molecule has 0 spiro atoms. The molecule has 0 amide bonds. The minimum absolute atomic E-state index is 0. The Balaban J connectivity index is 0. The van der Waals surface area contributed by atoms with Crippen molar-refractivity contribution in [2.75, 3.05) is 0 Å². The van der Waals surface area contributed by atoms with Crippen LogP contribution in [0.4, 0.5) is 0 Å². The third-order valence-electron chi connectivity index (χ3n) is 0. The second kappa shape index (κ2) is 4.79. The van der Waals surface area contributed by atoms with Crippen molar-refractivity contribution in [1.82, 2.24) is 0 Å². The van der Waals surface area contributed by atoms with Gasteiger partial charge in [0.25, 0.3) is 0 Å². The summed E-state index contributed by atoms with van der Waals surface area (Å²) in [5, 5.41) is 17.5. The monoisotopic (exact) mass is 133 g/mol. The molecule has 29 valence electrons. The van der Waals surface area contributed by atoms with Crippen molar-refractivity contribution in [3.63, 3.8) is 0 Å². The van der Waals surface area contributed by atoms with Crippen LogP contribution in [-0.4, -0.2) is 6.53 Å². The molecule has 0 saturated carbocycles. The Kier molecular flexibility index (Phi) is 8.87. The summed E-state index contributed by atoms with van der Waals surface area (Å²) >= 11 is 4.16. The molecule has 0 rings (SSSR count). The van der Waals surface area contributed by atoms with Gasteiger partial charge in [-0.1, -0.05) is 0 Å². The first-order valence-corrected chi connectivity index (χ1v) is 1.13. The summed E-state index contributed by atoms with van der Waals surface area (Å²) < 4.78 is 0. The van der Waals surface area contributed by atoms with Crippen LogP contribution in [0.25, 0.3) is 0 Å². The van der Waals surface area contributed by atoms with Crippen LogP contribution >= 0.6 is 11.5 Å². The summed E-state index contributed by atoms with van der Waals surface area (Å²) in [5.74, 6) is 0. The molecule has 5 heavy (non-hydrogen) atoms. The zero-order valence-electron chi connectivity index (χ0n) is 2.15. The van der Waals surface area contributed by atoms with Crippen LogP contribution in [0, 0.1) is 0 Å². The molecule has 0 aromatic carbocycles. The van der Waals surface area contributed by atoms with Crippen molar-refractivity contribution in [1.29, 1.82) is 0 Å². The van der Waals surface area contributed by atoms with E-state index in [9.17, 15) is 0 Å². The van der Waals surface area contributed by atoms with Gasteiger partial charge in [0.15, 0.2) is 0 Å². The van der Waals surface area contributed by atoms with Crippen LogP contribution in [-0.2, 0) is 17.1 Å². The van der Waals surface area contributed by atoms with Gasteiger partial charge in [0.05, 0.1) is 0 Å². The topological polar surface area (TPSA) is 46.1 Å². The van der Waals surface area contributed by atoms with Crippen molar-refractivity contribution >= 4 is 18.0 Å². The first-order valence-electron chi connectivity index (χ1n) is 0.690. The Morgan fingerprint density at radius 2 is 1.40 bits per heavy atom. The van der Waals surface area contributed by atoms with Gasteiger partial charge >= 0.3 is 17.1 Å². The normalized spacial score (nSPS) is 5.40. The Hall–Kier alpha value is 0.794. The number of hydrogen-bond donors (Lipinski definition) is 0. The van der Waals surface area contributed by atoms with Crippen molar-refractivity contribution in [2.24, 2.45) is 0 Å². The maximum atomic E-state index is 8.74. The van der Waals surface area contributed by atoms with Crippen LogP contribution in [0.3, 0.4) is 0 Å². The minimum atomic E-state index is -2.19. The average Bonchev–Trinajstić information content (AvgIpc) is 0.811. The summed E-state index contributed by atoms with van der Waals surface area (Å²) in [7, 11) is 0. The fraction of sp³-hybridized carbons (Fsp3) is 0. The molecule has 0 aliphatic carbocycles. The predicted octanol–water partition coefficient (Wildman–Crippen LogP) is -2.07. The molecule has 0 unspecified atom stereocenters. The summed E-state index contributed by atoms with van der Waals surface area (Å²) in [6.45, 7) is -2.19. The van der Waals surface area contributed by atoms with Gasteiger partial charge in [-0.2, -0.15) is 0 Å². The van der Waals surface area contributed by atoms with E-state index in [4.69, 9.17) is 10.0 Å². The first-order chi connectivity index (χ1) is 1.73. The van der Waals surface area contributed by atoms with Gasteiger partial charge in [0, 0.05) is 6.53 Å². The Bertz CT molecular complexity index is 14.4. The SMILES string of the molecule is [Mn+2].[O-]B([O-])Cl. The number of halogens is 1.